The summed E-state index contributed by atoms with van der Waals surface area (Å²) in [6.07, 6.45) is 0. The number of hydrogen-bond donors (Lipinski definition) is 2. The number of benzene rings is 3. The lowest BCUT2D eigenvalue weighted by Crippen LogP contribution is -2.42. The van der Waals surface area contributed by atoms with Gasteiger partial charge >= 0.3 is 0 Å². The minimum Gasteiger partial charge on any atom is -0.287 e. The number of fused-ring (bicyclic) bond motifs is 1. The first-order valence-corrected chi connectivity index (χ1v) is 10.5. The molecule has 0 saturated carbocycles. The number of para-hydroxylation sites is 2. The number of amides is 2. The number of hydrazine groups is 1. The van der Waals surface area contributed by atoms with E-state index in [0.29, 0.717) is 5.16 Å². The van der Waals surface area contributed by atoms with Crippen molar-refractivity contribution in [2.45, 2.75) is 12.1 Å². The molecule has 4 aromatic rings. The second-order valence-electron chi connectivity index (χ2n) is 6.82. The minimum atomic E-state index is -0.719. The summed E-state index contributed by atoms with van der Waals surface area (Å²) >= 11 is 1.24. The van der Waals surface area contributed by atoms with Crippen molar-refractivity contribution >= 4 is 34.6 Å². The Hall–Kier alpha value is -3.65. The molecule has 0 spiro atoms. The smallest absolute Gasteiger partial charge is 0.272 e. The zero-order valence-corrected chi connectivity index (χ0v) is 17.4. The number of halogens is 1. The van der Waals surface area contributed by atoms with E-state index in [9.17, 15) is 14.0 Å². The van der Waals surface area contributed by atoms with E-state index in [2.05, 4.69) is 15.8 Å². The van der Waals surface area contributed by atoms with Crippen molar-refractivity contribution in [3.05, 3.63) is 89.7 Å². The van der Waals surface area contributed by atoms with E-state index < -0.39 is 17.6 Å². The van der Waals surface area contributed by atoms with Crippen molar-refractivity contribution in [2.24, 2.45) is 0 Å². The average Bonchev–Trinajstić information content (AvgIpc) is 3.15. The summed E-state index contributed by atoms with van der Waals surface area (Å²) < 4.78 is 15.7. The molecule has 1 heterocycles. The number of nitrogens with one attached hydrogen (secondary N) is 2. The molecular weight excluding hydrogens is 415 g/mol. The van der Waals surface area contributed by atoms with E-state index in [1.807, 2.05) is 60.0 Å². The predicted octanol–water partition coefficient (Wildman–Crippen LogP) is 4.03. The van der Waals surface area contributed by atoms with Gasteiger partial charge in [0.25, 0.3) is 5.91 Å². The first-order chi connectivity index (χ1) is 15.0. The topological polar surface area (TPSA) is 76.0 Å². The number of aromatic nitrogens is 2. The highest BCUT2D eigenvalue weighted by Crippen LogP contribution is 2.28. The van der Waals surface area contributed by atoms with Gasteiger partial charge in [-0.05, 0) is 43.3 Å². The van der Waals surface area contributed by atoms with Gasteiger partial charge in [-0.3, -0.25) is 25.0 Å². The largest absolute Gasteiger partial charge is 0.287 e. The average molecular weight is 434 g/mol. The van der Waals surface area contributed by atoms with E-state index in [-0.39, 0.29) is 11.3 Å². The Morgan fingerprint density at radius 3 is 2.45 bits per heavy atom. The van der Waals surface area contributed by atoms with E-state index in [0.717, 1.165) is 22.3 Å². The van der Waals surface area contributed by atoms with Crippen molar-refractivity contribution in [3.8, 4) is 5.69 Å². The zero-order chi connectivity index (χ0) is 21.8. The first-order valence-electron chi connectivity index (χ1n) is 9.54. The van der Waals surface area contributed by atoms with Gasteiger partial charge in [-0.1, -0.05) is 53.7 Å². The second-order valence-corrected chi connectivity index (χ2v) is 7.77. The lowest BCUT2D eigenvalue weighted by Gasteiger charge is -2.10. The fraction of sp³-hybridized carbons (Fsp3) is 0.0870. The highest BCUT2D eigenvalue weighted by atomic mass is 32.2. The SMILES string of the molecule is Cc1ccc(-n2c(SCC(=O)NNC(=O)c3ccccc3F)nc3ccccc32)cc1. The van der Waals surface area contributed by atoms with Gasteiger partial charge in [0.15, 0.2) is 5.16 Å². The van der Waals surface area contributed by atoms with Gasteiger partial charge in [-0.2, -0.15) is 0 Å². The van der Waals surface area contributed by atoms with Crippen LogP contribution in [0.5, 0.6) is 0 Å². The number of rotatable bonds is 5. The Kier molecular flexibility index (Phi) is 5.99. The quantitative estimate of drug-likeness (QED) is 0.367. The van der Waals surface area contributed by atoms with Crippen LogP contribution in [0, 0.1) is 12.7 Å². The molecule has 31 heavy (non-hydrogen) atoms. The monoisotopic (exact) mass is 434 g/mol. The van der Waals surface area contributed by atoms with Crippen molar-refractivity contribution in [3.63, 3.8) is 0 Å². The highest BCUT2D eigenvalue weighted by Gasteiger charge is 2.15. The number of aryl methyl sites for hydroxylation is 1. The number of carbonyl (C=O) groups excluding carboxylic acids is 2. The molecule has 2 amide bonds. The van der Waals surface area contributed by atoms with Gasteiger partial charge < -0.3 is 0 Å². The Balaban J connectivity index is 1.47. The number of imidazole rings is 1. The molecule has 0 fully saturated rings. The van der Waals surface area contributed by atoms with Crippen LogP contribution in [0.3, 0.4) is 0 Å². The summed E-state index contributed by atoms with van der Waals surface area (Å²) in [6.45, 7) is 2.02. The van der Waals surface area contributed by atoms with E-state index >= 15 is 0 Å². The second kappa shape index (κ2) is 9.01. The fourth-order valence-corrected chi connectivity index (χ4v) is 3.88. The van der Waals surface area contributed by atoms with Crippen LogP contribution in [0.2, 0.25) is 0 Å². The molecule has 2 N–H and O–H groups in total. The van der Waals surface area contributed by atoms with Crippen LogP contribution in [-0.4, -0.2) is 27.1 Å². The standard InChI is InChI=1S/C23H19FN4O2S/c1-15-10-12-16(13-11-15)28-20-9-5-4-8-19(20)25-23(28)31-14-21(29)26-27-22(30)17-6-2-3-7-18(17)24/h2-13H,14H2,1H3,(H,26,29)(H,27,30). The minimum absolute atomic E-state index is 0.0206. The summed E-state index contributed by atoms with van der Waals surface area (Å²) in [6, 6.07) is 21.3. The molecule has 156 valence electrons. The van der Waals surface area contributed by atoms with Gasteiger partial charge in [0.1, 0.15) is 5.82 Å². The normalized spacial score (nSPS) is 10.8. The number of carbonyl (C=O) groups is 2. The summed E-state index contributed by atoms with van der Waals surface area (Å²) in [4.78, 5) is 29.0. The number of nitrogens with zero attached hydrogens (tertiary/aromatic N) is 2. The molecule has 0 aliphatic heterocycles. The first kappa shape index (κ1) is 20.6. The molecular formula is C23H19FN4O2S. The molecule has 0 radical (unpaired) electrons. The van der Waals surface area contributed by atoms with Crippen LogP contribution in [0.4, 0.5) is 4.39 Å². The molecule has 0 aliphatic rings. The molecule has 0 aliphatic carbocycles. The summed E-state index contributed by atoms with van der Waals surface area (Å²) in [5.74, 6) is -1.79. The van der Waals surface area contributed by atoms with E-state index in [1.165, 1.54) is 30.0 Å². The van der Waals surface area contributed by atoms with Crippen molar-refractivity contribution < 1.29 is 14.0 Å². The van der Waals surface area contributed by atoms with Crippen LogP contribution < -0.4 is 10.9 Å². The van der Waals surface area contributed by atoms with Gasteiger partial charge in [-0.25, -0.2) is 9.37 Å². The van der Waals surface area contributed by atoms with Gasteiger partial charge in [-0.15, -0.1) is 0 Å². The summed E-state index contributed by atoms with van der Waals surface area (Å²) in [5.41, 5.74) is 8.25. The number of thioether (sulfide) groups is 1. The molecule has 0 atom stereocenters. The number of hydrogen-bond acceptors (Lipinski definition) is 4. The molecule has 1 aromatic heterocycles. The van der Waals surface area contributed by atoms with Crippen molar-refractivity contribution in [1.29, 1.82) is 0 Å². The molecule has 6 nitrogen and oxygen atoms in total. The van der Waals surface area contributed by atoms with E-state index in [1.54, 1.807) is 6.07 Å². The van der Waals surface area contributed by atoms with Crippen molar-refractivity contribution in [2.75, 3.05) is 5.75 Å². The molecule has 0 unspecified atom stereocenters. The maximum Gasteiger partial charge on any atom is 0.272 e. The lowest BCUT2D eigenvalue weighted by atomic mass is 10.2. The van der Waals surface area contributed by atoms with Gasteiger partial charge in [0.2, 0.25) is 5.91 Å². The van der Waals surface area contributed by atoms with Gasteiger partial charge in [0.05, 0.1) is 22.3 Å². The Bertz CT molecular complexity index is 1250. The molecule has 8 heteroatoms. The Morgan fingerprint density at radius 2 is 1.68 bits per heavy atom. The molecule has 0 bridgehead atoms. The Labute approximate surface area is 182 Å². The van der Waals surface area contributed by atoms with Crippen LogP contribution in [0.25, 0.3) is 16.7 Å². The summed E-state index contributed by atoms with van der Waals surface area (Å²) in [7, 11) is 0. The van der Waals surface area contributed by atoms with Crippen LogP contribution in [0.1, 0.15) is 15.9 Å². The predicted molar refractivity (Wildman–Crippen MR) is 119 cm³/mol. The summed E-state index contributed by atoms with van der Waals surface area (Å²) in [5, 5.41) is 0.653. The van der Waals surface area contributed by atoms with Crippen LogP contribution in [-0.2, 0) is 4.79 Å². The van der Waals surface area contributed by atoms with E-state index in [4.69, 9.17) is 0 Å². The van der Waals surface area contributed by atoms with Crippen molar-refractivity contribution in [1.82, 2.24) is 20.4 Å². The van der Waals surface area contributed by atoms with Crippen LogP contribution in [0.15, 0.2) is 78.0 Å². The maximum absolute atomic E-state index is 13.7. The molecule has 0 saturated heterocycles. The third kappa shape index (κ3) is 4.59. The zero-order valence-electron chi connectivity index (χ0n) is 16.6. The molecule has 3 aromatic carbocycles. The third-order valence-electron chi connectivity index (χ3n) is 4.59. The highest BCUT2D eigenvalue weighted by molar-refractivity contribution is 7.99. The molecule has 4 rings (SSSR count). The maximum atomic E-state index is 13.7. The third-order valence-corrected chi connectivity index (χ3v) is 5.53. The fourth-order valence-electron chi connectivity index (χ4n) is 3.05. The van der Waals surface area contributed by atoms with Crippen LogP contribution >= 0.6 is 11.8 Å². The Morgan fingerprint density at radius 1 is 0.968 bits per heavy atom. The lowest BCUT2D eigenvalue weighted by molar-refractivity contribution is -0.119. The van der Waals surface area contributed by atoms with Gasteiger partial charge in [0, 0.05) is 5.69 Å².